The van der Waals surface area contributed by atoms with Gasteiger partial charge >= 0.3 is 0 Å². The van der Waals surface area contributed by atoms with E-state index >= 15 is 0 Å². The van der Waals surface area contributed by atoms with Crippen molar-refractivity contribution < 1.29 is 18.0 Å². The molecular formula is C24H27Cl4N3O4S. The molecule has 2 aromatic carbocycles. The van der Waals surface area contributed by atoms with Gasteiger partial charge in [0.25, 0.3) is 0 Å². The minimum Gasteiger partial charge on any atom is -0.352 e. The highest BCUT2D eigenvalue weighted by Gasteiger charge is 2.32. The molecule has 7 nitrogen and oxygen atoms in total. The molecule has 0 bridgehead atoms. The Morgan fingerprint density at radius 1 is 1.06 bits per heavy atom. The number of nitrogens with zero attached hydrogens (tertiary/aromatic N) is 2. The van der Waals surface area contributed by atoms with Gasteiger partial charge < -0.3 is 10.2 Å². The van der Waals surface area contributed by atoms with Crippen molar-refractivity contribution in [3.05, 3.63) is 62.1 Å². The summed E-state index contributed by atoms with van der Waals surface area (Å²) < 4.78 is 26.2. The number of nitrogens with one attached hydrogen (secondary N) is 1. The third kappa shape index (κ3) is 7.19. The zero-order valence-corrected chi connectivity index (χ0v) is 23.6. The van der Waals surface area contributed by atoms with Crippen LogP contribution in [-0.2, 0) is 26.2 Å². The van der Waals surface area contributed by atoms with Crippen LogP contribution in [0.4, 0.5) is 5.69 Å². The van der Waals surface area contributed by atoms with Gasteiger partial charge in [-0.1, -0.05) is 71.4 Å². The van der Waals surface area contributed by atoms with E-state index in [0.29, 0.717) is 15.6 Å². The Hall–Kier alpha value is -1.71. The number of hydrogen-bond acceptors (Lipinski definition) is 4. The zero-order chi connectivity index (χ0) is 26.6. The molecule has 0 aromatic heterocycles. The van der Waals surface area contributed by atoms with Crippen LogP contribution in [0.5, 0.6) is 0 Å². The van der Waals surface area contributed by atoms with Crippen molar-refractivity contribution >= 4 is 73.9 Å². The second-order valence-corrected chi connectivity index (χ2v) is 12.3. The Morgan fingerprint density at radius 2 is 1.72 bits per heavy atom. The number of benzene rings is 2. The monoisotopic (exact) mass is 593 g/mol. The Morgan fingerprint density at radius 3 is 2.33 bits per heavy atom. The maximum Gasteiger partial charge on any atom is 0.244 e. The lowest BCUT2D eigenvalue weighted by atomic mass is 10.1. The summed E-state index contributed by atoms with van der Waals surface area (Å²) in [6.07, 6.45) is 4.79. The second kappa shape index (κ2) is 12.2. The summed E-state index contributed by atoms with van der Waals surface area (Å²) in [5.41, 5.74) is 0.620. The second-order valence-electron chi connectivity index (χ2n) is 8.77. The smallest absolute Gasteiger partial charge is 0.244 e. The van der Waals surface area contributed by atoms with Crippen molar-refractivity contribution in [1.82, 2.24) is 10.2 Å². The molecule has 0 radical (unpaired) electrons. The van der Waals surface area contributed by atoms with Crippen LogP contribution < -0.4 is 9.62 Å². The molecule has 0 spiro atoms. The highest BCUT2D eigenvalue weighted by molar-refractivity contribution is 7.92. The minimum absolute atomic E-state index is 0.00304. The molecule has 1 aliphatic carbocycles. The summed E-state index contributed by atoms with van der Waals surface area (Å²) >= 11 is 24.7. The Bertz CT molecular complexity index is 1240. The third-order valence-corrected chi connectivity index (χ3v) is 8.63. The number of anilines is 1. The summed E-state index contributed by atoms with van der Waals surface area (Å²) in [5.74, 6) is -0.941. The third-order valence-electron chi connectivity index (χ3n) is 6.10. The summed E-state index contributed by atoms with van der Waals surface area (Å²) in [4.78, 5) is 28.0. The van der Waals surface area contributed by atoms with Crippen molar-refractivity contribution in [3.8, 4) is 0 Å². The van der Waals surface area contributed by atoms with Gasteiger partial charge in [-0.25, -0.2) is 8.42 Å². The van der Waals surface area contributed by atoms with Gasteiger partial charge in [0.2, 0.25) is 21.8 Å². The van der Waals surface area contributed by atoms with Gasteiger partial charge in [0.15, 0.2) is 0 Å². The number of halogens is 4. The van der Waals surface area contributed by atoms with Crippen LogP contribution in [-0.4, -0.2) is 50.0 Å². The summed E-state index contributed by atoms with van der Waals surface area (Å²) in [5, 5.41) is 3.88. The molecule has 0 aliphatic heterocycles. The molecule has 2 aromatic rings. The average Bonchev–Trinajstić information content (AvgIpc) is 3.31. The van der Waals surface area contributed by atoms with Crippen LogP contribution in [0.25, 0.3) is 0 Å². The van der Waals surface area contributed by atoms with Gasteiger partial charge in [0, 0.05) is 22.6 Å². The van der Waals surface area contributed by atoms with Crippen LogP contribution in [0, 0.1) is 0 Å². The number of rotatable bonds is 9. The summed E-state index contributed by atoms with van der Waals surface area (Å²) in [6, 6.07) is 8.49. The fourth-order valence-electron chi connectivity index (χ4n) is 4.09. The quantitative estimate of drug-likeness (QED) is 0.413. The number of sulfonamides is 1. The van der Waals surface area contributed by atoms with Crippen molar-refractivity contribution in [2.45, 2.75) is 51.2 Å². The van der Waals surface area contributed by atoms with Gasteiger partial charge in [-0.15, -0.1) is 0 Å². The molecule has 1 fully saturated rings. The maximum absolute atomic E-state index is 13.6. The minimum atomic E-state index is -3.94. The van der Waals surface area contributed by atoms with Gasteiger partial charge in [-0.2, -0.15) is 0 Å². The Balaban J connectivity index is 1.94. The van der Waals surface area contributed by atoms with E-state index in [2.05, 4.69) is 5.32 Å². The van der Waals surface area contributed by atoms with E-state index in [-0.39, 0.29) is 34.2 Å². The van der Waals surface area contributed by atoms with E-state index in [1.165, 1.54) is 23.1 Å². The first-order valence-electron chi connectivity index (χ1n) is 11.3. The maximum atomic E-state index is 13.6. The fraction of sp³-hybridized carbons (Fsp3) is 0.417. The normalized spacial score (nSPS) is 14.9. The molecule has 0 saturated heterocycles. The zero-order valence-electron chi connectivity index (χ0n) is 19.8. The molecule has 1 atom stereocenters. The van der Waals surface area contributed by atoms with Gasteiger partial charge in [0.1, 0.15) is 12.6 Å². The largest absolute Gasteiger partial charge is 0.352 e. The van der Waals surface area contributed by atoms with E-state index in [4.69, 9.17) is 46.4 Å². The molecule has 0 heterocycles. The summed E-state index contributed by atoms with van der Waals surface area (Å²) in [7, 11) is -3.94. The SMILES string of the molecule is CC(C(=O)NC1CCCC1)N(Cc1ccc(Cl)cc1Cl)C(=O)CN(c1cccc(Cl)c1Cl)S(C)(=O)=O. The van der Waals surface area contributed by atoms with Crippen LogP contribution in [0.3, 0.4) is 0 Å². The fourth-order valence-corrected chi connectivity index (χ4v) is 5.86. The lowest BCUT2D eigenvalue weighted by molar-refractivity contribution is -0.139. The van der Waals surface area contributed by atoms with Gasteiger partial charge in [0.05, 0.1) is 22.0 Å². The predicted molar refractivity (Wildman–Crippen MR) is 146 cm³/mol. The first-order valence-corrected chi connectivity index (χ1v) is 14.7. The van der Waals surface area contributed by atoms with Crippen molar-refractivity contribution in [2.24, 2.45) is 0 Å². The van der Waals surface area contributed by atoms with Crippen LogP contribution in [0.15, 0.2) is 36.4 Å². The van der Waals surface area contributed by atoms with Crippen LogP contribution in [0.1, 0.15) is 38.2 Å². The van der Waals surface area contributed by atoms with Crippen LogP contribution >= 0.6 is 46.4 Å². The molecule has 36 heavy (non-hydrogen) atoms. The summed E-state index contributed by atoms with van der Waals surface area (Å²) in [6.45, 7) is 0.975. The number of hydrogen-bond donors (Lipinski definition) is 1. The molecule has 2 amide bonds. The highest BCUT2D eigenvalue weighted by Crippen LogP contribution is 2.34. The first-order chi connectivity index (χ1) is 16.9. The van der Waals surface area contributed by atoms with Gasteiger partial charge in [-0.3, -0.25) is 13.9 Å². The standard InChI is InChI=1S/C24H27Cl4N3O4S/c1-15(24(33)29-18-6-3-4-7-18)30(13-16-10-11-17(25)12-20(16)27)22(32)14-31(36(2,34)35)21-9-5-8-19(26)23(21)28/h5,8-12,15,18H,3-4,6-7,13-14H2,1-2H3,(H,29,33). The lowest BCUT2D eigenvalue weighted by Crippen LogP contribution is -2.52. The van der Waals surface area contributed by atoms with E-state index in [1.807, 2.05) is 0 Å². The van der Waals surface area contributed by atoms with E-state index in [0.717, 1.165) is 36.2 Å². The molecular weight excluding hydrogens is 568 g/mol. The molecule has 1 aliphatic rings. The number of carbonyl (C=O) groups excluding carboxylic acids is 2. The molecule has 1 N–H and O–H groups in total. The molecule has 1 unspecified atom stereocenters. The number of carbonyl (C=O) groups is 2. The first kappa shape index (κ1) is 28.9. The van der Waals surface area contributed by atoms with Crippen molar-refractivity contribution in [3.63, 3.8) is 0 Å². The predicted octanol–water partition coefficient (Wildman–Crippen LogP) is 5.54. The van der Waals surface area contributed by atoms with Crippen molar-refractivity contribution in [1.29, 1.82) is 0 Å². The molecule has 3 rings (SSSR count). The van der Waals surface area contributed by atoms with E-state index < -0.39 is 28.5 Å². The molecule has 12 heteroatoms. The topological polar surface area (TPSA) is 86.8 Å². The lowest BCUT2D eigenvalue weighted by Gasteiger charge is -2.32. The number of amides is 2. The van der Waals surface area contributed by atoms with E-state index in [1.54, 1.807) is 25.1 Å². The molecule has 1 saturated carbocycles. The van der Waals surface area contributed by atoms with Crippen molar-refractivity contribution in [2.75, 3.05) is 17.1 Å². The highest BCUT2D eigenvalue weighted by atomic mass is 35.5. The molecule has 196 valence electrons. The van der Waals surface area contributed by atoms with Crippen LogP contribution in [0.2, 0.25) is 20.1 Å². The average molecular weight is 595 g/mol. The van der Waals surface area contributed by atoms with E-state index in [9.17, 15) is 18.0 Å². The Labute approximate surface area is 231 Å². The Kier molecular flexibility index (Phi) is 9.80. The van der Waals surface area contributed by atoms with Gasteiger partial charge in [-0.05, 0) is 49.6 Å².